The number of hydrogen-bond acceptors (Lipinski definition) is 3. The highest BCUT2D eigenvalue weighted by molar-refractivity contribution is 7.27. The van der Waals surface area contributed by atoms with E-state index >= 15 is 0 Å². The van der Waals surface area contributed by atoms with Gasteiger partial charge in [0, 0.05) is 42.4 Å². The second-order valence-electron chi connectivity index (χ2n) is 15.4. The normalized spacial score (nSPS) is 14.2. The lowest BCUT2D eigenvalue weighted by molar-refractivity contribution is 0.478. The first-order chi connectivity index (χ1) is 28.6. The quantitative estimate of drug-likeness (QED) is 0.183. The lowest BCUT2D eigenvalue weighted by Gasteiger charge is -2.20. The van der Waals surface area contributed by atoms with E-state index in [1.54, 1.807) is 11.3 Å². The molecule has 276 valence electrons. The summed E-state index contributed by atoms with van der Waals surface area (Å²) in [5.74, 6) is 0.546. The van der Waals surface area contributed by atoms with Gasteiger partial charge in [0.1, 0.15) is 16.9 Å². The molecule has 58 heavy (non-hydrogen) atoms. The molecule has 1 aliphatic rings. The van der Waals surface area contributed by atoms with Gasteiger partial charge in [-0.1, -0.05) is 146 Å². The van der Waals surface area contributed by atoms with Crippen LogP contribution in [0.4, 0.5) is 0 Å². The molecule has 2 aromatic heterocycles. The standard InChI is InChI=1S/C55H38O2S/c1-34-28-41(22-23-45(34)52-49(56)26-24-46-47-25-27-51-53(55(47)58-54(46)52)48-20-8-9-21-50(48)57-51)39-18-10-16-37(29-39)38-17-11-19-40(30-38)44-32-42(35-12-4-2-5-13-35)31-43(33-44)36-14-6-3-7-15-36/h2-18,20-33,40,56H,19H2,1H3. The summed E-state index contributed by atoms with van der Waals surface area (Å²) < 4.78 is 8.50. The molecule has 1 aliphatic carbocycles. The summed E-state index contributed by atoms with van der Waals surface area (Å²) >= 11 is 1.74. The molecule has 0 saturated carbocycles. The zero-order valence-corrected chi connectivity index (χ0v) is 32.8. The molecule has 1 atom stereocenters. The molecule has 0 amide bonds. The van der Waals surface area contributed by atoms with Crippen molar-refractivity contribution in [3.63, 3.8) is 0 Å². The van der Waals surface area contributed by atoms with Gasteiger partial charge in [0.25, 0.3) is 0 Å². The first kappa shape index (κ1) is 34.3. The van der Waals surface area contributed by atoms with Crippen molar-refractivity contribution in [2.75, 3.05) is 0 Å². The van der Waals surface area contributed by atoms with Crippen molar-refractivity contribution < 1.29 is 9.52 Å². The number of thiophene rings is 1. The van der Waals surface area contributed by atoms with E-state index in [9.17, 15) is 5.11 Å². The Hall–Kier alpha value is -6.94. The van der Waals surface area contributed by atoms with Crippen LogP contribution >= 0.6 is 11.3 Å². The van der Waals surface area contributed by atoms with Crippen LogP contribution < -0.4 is 0 Å². The van der Waals surface area contributed by atoms with Gasteiger partial charge in [-0.2, -0.15) is 0 Å². The number of phenolic OH excluding ortho intramolecular Hbond substituents is 1. The number of phenols is 1. The molecule has 0 spiro atoms. The Balaban J connectivity index is 0.949. The van der Waals surface area contributed by atoms with E-state index in [-0.39, 0.29) is 5.92 Å². The predicted molar refractivity (Wildman–Crippen MR) is 246 cm³/mol. The molecule has 2 heterocycles. The molecule has 0 fully saturated rings. The Labute approximate surface area is 341 Å². The van der Waals surface area contributed by atoms with E-state index in [4.69, 9.17) is 4.42 Å². The third-order valence-electron chi connectivity index (χ3n) is 11.8. The molecule has 0 saturated heterocycles. The monoisotopic (exact) mass is 762 g/mol. The summed E-state index contributed by atoms with van der Waals surface area (Å²) in [4.78, 5) is 0. The number of allylic oxidation sites excluding steroid dienone is 4. The first-order valence-corrected chi connectivity index (χ1v) is 20.7. The Kier molecular flexibility index (Phi) is 8.23. The second kappa shape index (κ2) is 13.9. The van der Waals surface area contributed by atoms with Gasteiger partial charge < -0.3 is 9.52 Å². The van der Waals surface area contributed by atoms with Gasteiger partial charge in [0.2, 0.25) is 0 Å². The zero-order chi connectivity index (χ0) is 38.7. The van der Waals surface area contributed by atoms with Gasteiger partial charge in [0.15, 0.2) is 0 Å². The average molecular weight is 763 g/mol. The minimum absolute atomic E-state index is 0.254. The number of hydrogen-bond donors (Lipinski definition) is 1. The number of rotatable bonds is 6. The molecular weight excluding hydrogens is 725 g/mol. The largest absolute Gasteiger partial charge is 0.507 e. The molecule has 10 aromatic rings. The highest BCUT2D eigenvalue weighted by Crippen LogP contribution is 2.48. The molecule has 8 aromatic carbocycles. The van der Waals surface area contributed by atoms with Gasteiger partial charge in [-0.05, 0) is 117 Å². The van der Waals surface area contributed by atoms with E-state index in [1.807, 2.05) is 18.2 Å². The number of benzene rings is 8. The molecule has 2 nitrogen and oxygen atoms in total. The lowest BCUT2D eigenvalue weighted by Crippen LogP contribution is -2.00. The smallest absolute Gasteiger partial charge is 0.136 e. The summed E-state index contributed by atoms with van der Waals surface area (Å²) in [7, 11) is 0. The molecule has 3 heteroatoms. The SMILES string of the molecule is Cc1cc(-c2cccc(C3=CC(c4cc(-c5ccccc5)cc(-c5ccccc5)c4)CC=C3)c2)ccc1-c1c(O)ccc2c1sc1c2ccc2oc3ccccc3c21. The Morgan fingerprint density at radius 2 is 1.19 bits per heavy atom. The van der Waals surface area contributed by atoms with Crippen LogP contribution in [0.15, 0.2) is 193 Å². The van der Waals surface area contributed by atoms with Gasteiger partial charge in [-0.3, -0.25) is 0 Å². The van der Waals surface area contributed by atoms with Crippen molar-refractivity contribution in [2.45, 2.75) is 19.3 Å². The van der Waals surface area contributed by atoms with Crippen molar-refractivity contribution in [3.8, 4) is 50.3 Å². The van der Waals surface area contributed by atoms with E-state index in [1.165, 1.54) is 54.6 Å². The van der Waals surface area contributed by atoms with Crippen molar-refractivity contribution in [1.29, 1.82) is 0 Å². The van der Waals surface area contributed by atoms with Crippen molar-refractivity contribution in [3.05, 3.63) is 205 Å². The van der Waals surface area contributed by atoms with Crippen LogP contribution in [-0.2, 0) is 0 Å². The third kappa shape index (κ3) is 5.86. The average Bonchev–Trinajstić information content (AvgIpc) is 3.86. The van der Waals surface area contributed by atoms with Crippen LogP contribution in [0.5, 0.6) is 5.75 Å². The number of fused-ring (bicyclic) bond motifs is 7. The topological polar surface area (TPSA) is 33.4 Å². The highest BCUT2D eigenvalue weighted by atomic mass is 32.1. The highest BCUT2D eigenvalue weighted by Gasteiger charge is 2.21. The van der Waals surface area contributed by atoms with Crippen LogP contribution in [0.25, 0.3) is 92.2 Å². The molecule has 0 radical (unpaired) electrons. The van der Waals surface area contributed by atoms with Crippen LogP contribution in [0.2, 0.25) is 0 Å². The van der Waals surface area contributed by atoms with Crippen molar-refractivity contribution in [1.82, 2.24) is 0 Å². The van der Waals surface area contributed by atoms with Crippen molar-refractivity contribution in [2.24, 2.45) is 0 Å². The van der Waals surface area contributed by atoms with Gasteiger partial charge in [-0.25, -0.2) is 0 Å². The fraction of sp³-hybridized carbons (Fsp3) is 0.0545. The molecule has 11 rings (SSSR count). The van der Waals surface area contributed by atoms with E-state index in [0.29, 0.717) is 5.75 Å². The lowest BCUT2D eigenvalue weighted by atomic mass is 9.84. The molecule has 1 unspecified atom stereocenters. The Morgan fingerprint density at radius 3 is 1.97 bits per heavy atom. The number of furan rings is 1. The second-order valence-corrected chi connectivity index (χ2v) is 16.4. The van der Waals surface area contributed by atoms with Crippen LogP contribution in [0, 0.1) is 6.92 Å². The minimum Gasteiger partial charge on any atom is -0.507 e. The van der Waals surface area contributed by atoms with Gasteiger partial charge in [-0.15, -0.1) is 11.3 Å². The van der Waals surface area contributed by atoms with Crippen LogP contribution in [0.1, 0.15) is 29.0 Å². The summed E-state index contributed by atoms with van der Waals surface area (Å²) in [5, 5.41) is 16.0. The first-order valence-electron chi connectivity index (χ1n) is 19.9. The minimum atomic E-state index is 0.254. The predicted octanol–water partition coefficient (Wildman–Crippen LogP) is 15.8. The number of aryl methyl sites for hydroxylation is 1. The number of aromatic hydroxyl groups is 1. The maximum absolute atomic E-state index is 11.4. The van der Waals surface area contributed by atoms with Crippen LogP contribution in [0.3, 0.4) is 0 Å². The Morgan fingerprint density at radius 1 is 0.534 bits per heavy atom. The van der Waals surface area contributed by atoms with Gasteiger partial charge >= 0.3 is 0 Å². The fourth-order valence-electron chi connectivity index (χ4n) is 8.93. The summed E-state index contributed by atoms with van der Waals surface area (Å²) in [6.07, 6.45) is 8.00. The third-order valence-corrected chi connectivity index (χ3v) is 13.1. The summed E-state index contributed by atoms with van der Waals surface area (Å²) in [5.41, 5.74) is 15.8. The van der Waals surface area contributed by atoms with Crippen molar-refractivity contribution >= 4 is 59.0 Å². The summed E-state index contributed by atoms with van der Waals surface area (Å²) in [6.45, 7) is 2.15. The summed E-state index contributed by atoms with van der Waals surface area (Å²) in [6, 6.07) is 60.4. The number of para-hydroxylation sites is 1. The molecular formula is C55H38O2S. The van der Waals surface area contributed by atoms with E-state index < -0.39 is 0 Å². The van der Waals surface area contributed by atoms with E-state index in [0.717, 1.165) is 60.7 Å². The van der Waals surface area contributed by atoms with Crippen LogP contribution in [-0.4, -0.2) is 5.11 Å². The Bertz CT molecular complexity index is 3210. The maximum Gasteiger partial charge on any atom is 0.136 e. The fourth-order valence-corrected chi connectivity index (χ4v) is 10.3. The van der Waals surface area contributed by atoms with Gasteiger partial charge in [0.05, 0.1) is 0 Å². The maximum atomic E-state index is 11.4. The van der Waals surface area contributed by atoms with E-state index in [2.05, 4.69) is 177 Å². The zero-order valence-electron chi connectivity index (χ0n) is 31.9. The molecule has 1 N–H and O–H groups in total. The molecule has 0 bridgehead atoms. The molecule has 0 aliphatic heterocycles.